The smallest absolute Gasteiger partial charge is 0.327 e. The Morgan fingerprint density at radius 3 is 2.32 bits per heavy atom. The molecule has 0 spiro atoms. The van der Waals surface area contributed by atoms with Gasteiger partial charge in [0, 0.05) is 12.8 Å². The maximum atomic E-state index is 12.8. The largest absolute Gasteiger partial charge is 0.465 e. The number of ether oxygens (including phenoxy) is 1. The summed E-state index contributed by atoms with van der Waals surface area (Å²) in [5, 5.41) is 8.57. The Hall–Kier alpha value is -3.18. The first kappa shape index (κ1) is 21.1. The van der Waals surface area contributed by atoms with E-state index in [2.05, 4.69) is 28.8 Å². The van der Waals surface area contributed by atoms with E-state index >= 15 is 0 Å². The highest BCUT2D eigenvalue weighted by Gasteiger charge is 2.45. The predicted molar refractivity (Wildman–Crippen MR) is 122 cm³/mol. The second kappa shape index (κ2) is 8.90. The van der Waals surface area contributed by atoms with Crippen molar-refractivity contribution < 1.29 is 14.3 Å². The number of nitrogens with one attached hydrogen (secondary N) is 2. The highest BCUT2D eigenvalue weighted by Crippen LogP contribution is 2.31. The van der Waals surface area contributed by atoms with Crippen LogP contribution in [0.4, 0.5) is 0 Å². The first-order valence-corrected chi connectivity index (χ1v) is 10.8. The van der Waals surface area contributed by atoms with E-state index in [-0.39, 0.29) is 24.5 Å². The zero-order valence-electron chi connectivity index (χ0n) is 18.0. The van der Waals surface area contributed by atoms with Crippen molar-refractivity contribution in [2.45, 2.75) is 38.3 Å². The molecule has 1 amide bonds. The van der Waals surface area contributed by atoms with E-state index < -0.39 is 5.54 Å². The third-order valence-corrected chi connectivity index (χ3v) is 6.02. The van der Waals surface area contributed by atoms with E-state index in [0.29, 0.717) is 19.4 Å². The van der Waals surface area contributed by atoms with Crippen molar-refractivity contribution in [1.82, 2.24) is 10.6 Å². The molecule has 0 radical (unpaired) electrons. The maximum absolute atomic E-state index is 12.8. The molecule has 2 N–H and O–H groups in total. The van der Waals surface area contributed by atoms with Crippen molar-refractivity contribution in [3.8, 4) is 0 Å². The molecule has 5 heteroatoms. The lowest BCUT2D eigenvalue weighted by molar-refractivity contribution is -0.151. The Labute approximate surface area is 182 Å². The van der Waals surface area contributed by atoms with Gasteiger partial charge in [-0.05, 0) is 41.3 Å². The molecule has 4 rings (SSSR count). The Kier molecular flexibility index (Phi) is 6.05. The van der Waals surface area contributed by atoms with Crippen LogP contribution in [0.5, 0.6) is 0 Å². The van der Waals surface area contributed by atoms with E-state index in [1.165, 1.54) is 0 Å². The lowest BCUT2D eigenvalue weighted by Gasteiger charge is -2.28. The molecule has 3 aromatic rings. The van der Waals surface area contributed by atoms with Crippen LogP contribution in [0, 0.1) is 0 Å². The molecule has 0 aromatic heterocycles. The molecule has 3 aromatic carbocycles. The van der Waals surface area contributed by atoms with Crippen LogP contribution in [0.25, 0.3) is 10.8 Å². The molecule has 0 fully saturated rings. The molecule has 160 valence electrons. The summed E-state index contributed by atoms with van der Waals surface area (Å²) in [6.07, 6.45) is 1.04. The molecule has 1 aliphatic carbocycles. The Balaban J connectivity index is 1.45. The van der Waals surface area contributed by atoms with Gasteiger partial charge in [0.15, 0.2) is 0 Å². The molecule has 1 atom stereocenters. The first-order valence-electron chi connectivity index (χ1n) is 10.8. The third-order valence-electron chi connectivity index (χ3n) is 6.02. The van der Waals surface area contributed by atoms with Gasteiger partial charge in [-0.2, -0.15) is 0 Å². The molecule has 0 bridgehead atoms. The number of rotatable bonds is 7. The van der Waals surface area contributed by atoms with Gasteiger partial charge in [-0.15, -0.1) is 0 Å². The predicted octanol–water partition coefficient (Wildman–Crippen LogP) is 3.71. The minimum Gasteiger partial charge on any atom is -0.465 e. The second-order valence-electron chi connectivity index (χ2n) is 8.14. The van der Waals surface area contributed by atoms with Crippen LogP contribution in [0.3, 0.4) is 0 Å². The highest BCUT2D eigenvalue weighted by atomic mass is 16.5. The summed E-state index contributed by atoms with van der Waals surface area (Å²) in [7, 11) is 0. The number of fused-ring (bicyclic) bond motifs is 2. The normalized spacial score (nSPS) is 15.3. The lowest BCUT2D eigenvalue weighted by atomic mass is 9.95. The van der Waals surface area contributed by atoms with Crippen LogP contribution in [0.1, 0.15) is 36.6 Å². The summed E-state index contributed by atoms with van der Waals surface area (Å²) < 4.78 is 5.36. The van der Waals surface area contributed by atoms with E-state index in [0.717, 1.165) is 27.5 Å². The summed E-state index contributed by atoms with van der Waals surface area (Å²) in [6.45, 7) is 4.13. The zero-order chi connectivity index (χ0) is 21.8. The van der Waals surface area contributed by atoms with E-state index in [1.54, 1.807) is 6.92 Å². The second-order valence-corrected chi connectivity index (χ2v) is 8.14. The Morgan fingerprint density at radius 2 is 1.61 bits per heavy atom. The number of esters is 1. The quantitative estimate of drug-likeness (QED) is 0.576. The minimum absolute atomic E-state index is 0.0436. The fourth-order valence-corrected chi connectivity index (χ4v) is 4.47. The molecule has 0 saturated carbocycles. The summed E-state index contributed by atoms with van der Waals surface area (Å²) in [4.78, 5) is 25.6. The molecule has 1 unspecified atom stereocenters. The van der Waals surface area contributed by atoms with Gasteiger partial charge in [0.25, 0.3) is 0 Å². The van der Waals surface area contributed by atoms with E-state index in [1.807, 2.05) is 55.5 Å². The summed E-state index contributed by atoms with van der Waals surface area (Å²) in [5.41, 5.74) is 2.40. The average molecular weight is 417 g/mol. The molecule has 0 heterocycles. The van der Waals surface area contributed by atoms with Crippen LogP contribution in [-0.4, -0.2) is 30.6 Å². The van der Waals surface area contributed by atoms with Crippen LogP contribution in [-0.2, 0) is 27.2 Å². The van der Waals surface area contributed by atoms with Gasteiger partial charge in [-0.1, -0.05) is 66.7 Å². The van der Waals surface area contributed by atoms with Crippen molar-refractivity contribution in [3.05, 3.63) is 83.4 Å². The van der Waals surface area contributed by atoms with Gasteiger partial charge in [-0.3, -0.25) is 14.9 Å². The summed E-state index contributed by atoms with van der Waals surface area (Å²) in [6, 6.07) is 22.1. The fourth-order valence-electron chi connectivity index (χ4n) is 4.47. The van der Waals surface area contributed by atoms with Gasteiger partial charge in [0.1, 0.15) is 5.54 Å². The number of hydrogen-bond donors (Lipinski definition) is 2. The van der Waals surface area contributed by atoms with Crippen molar-refractivity contribution in [1.29, 1.82) is 0 Å². The van der Waals surface area contributed by atoms with Crippen LogP contribution in [0.2, 0.25) is 0 Å². The fraction of sp³-hybridized carbons (Fsp3) is 0.308. The Morgan fingerprint density at radius 1 is 0.968 bits per heavy atom. The molecular weight excluding hydrogens is 388 g/mol. The molecule has 0 aliphatic heterocycles. The van der Waals surface area contributed by atoms with Gasteiger partial charge < -0.3 is 10.1 Å². The highest BCUT2D eigenvalue weighted by molar-refractivity contribution is 5.88. The van der Waals surface area contributed by atoms with Gasteiger partial charge >= 0.3 is 5.97 Å². The number of benzene rings is 3. The lowest BCUT2D eigenvalue weighted by Crippen LogP contribution is -2.56. The average Bonchev–Trinajstić information content (AvgIpc) is 3.17. The van der Waals surface area contributed by atoms with Crippen molar-refractivity contribution in [2.24, 2.45) is 0 Å². The summed E-state index contributed by atoms with van der Waals surface area (Å²) >= 11 is 0. The van der Waals surface area contributed by atoms with Crippen molar-refractivity contribution in [2.75, 3.05) is 13.2 Å². The zero-order valence-corrected chi connectivity index (χ0v) is 18.0. The number of hydrogen-bond acceptors (Lipinski definition) is 4. The van der Waals surface area contributed by atoms with Gasteiger partial charge in [0.05, 0.1) is 19.2 Å². The molecule has 1 aliphatic rings. The van der Waals surface area contributed by atoms with Crippen LogP contribution in [0.15, 0.2) is 66.7 Å². The minimum atomic E-state index is -0.903. The molecule has 31 heavy (non-hydrogen) atoms. The topological polar surface area (TPSA) is 67.4 Å². The monoisotopic (exact) mass is 416 g/mol. The maximum Gasteiger partial charge on any atom is 0.327 e. The van der Waals surface area contributed by atoms with Gasteiger partial charge in [0.2, 0.25) is 5.91 Å². The number of carbonyl (C=O) groups is 2. The first-order chi connectivity index (χ1) is 15.0. The van der Waals surface area contributed by atoms with Crippen LogP contribution >= 0.6 is 0 Å². The summed E-state index contributed by atoms with van der Waals surface area (Å²) in [5.74, 6) is -0.457. The van der Waals surface area contributed by atoms with E-state index in [4.69, 9.17) is 4.74 Å². The van der Waals surface area contributed by atoms with Crippen LogP contribution < -0.4 is 10.6 Å². The van der Waals surface area contributed by atoms with E-state index in [9.17, 15) is 9.59 Å². The Bertz CT molecular complexity index is 1080. The third kappa shape index (κ3) is 4.32. The van der Waals surface area contributed by atoms with Crippen molar-refractivity contribution >= 4 is 22.6 Å². The SMILES string of the molecule is CCOC(=O)C1(NCC(=O)NC(C)c2cccc3ccccc23)Cc2ccccc2C1. The number of amides is 1. The van der Waals surface area contributed by atoms with Crippen molar-refractivity contribution in [3.63, 3.8) is 0 Å². The number of carbonyl (C=O) groups excluding carboxylic acids is 2. The molecular formula is C26H28N2O3. The standard InChI is InChI=1S/C26H28N2O3/c1-3-31-25(30)26(15-20-10-4-5-11-21(20)16-26)27-17-24(29)28-18(2)22-14-8-12-19-9-6-7-13-23(19)22/h4-14,18,27H,3,15-17H2,1-2H3,(H,28,29). The molecule has 5 nitrogen and oxygen atoms in total. The van der Waals surface area contributed by atoms with Gasteiger partial charge in [-0.25, -0.2) is 0 Å². The molecule has 0 saturated heterocycles.